The maximum absolute atomic E-state index is 12.4. The number of sulfone groups is 1. The molecule has 156 valence electrons. The predicted octanol–water partition coefficient (Wildman–Crippen LogP) is 3.72. The van der Waals surface area contributed by atoms with Crippen molar-refractivity contribution in [2.24, 2.45) is 5.92 Å². The molecule has 3 N–H and O–H groups in total. The second kappa shape index (κ2) is 9.44. The first-order valence-corrected chi connectivity index (χ1v) is 11.6. The topological polar surface area (TPSA) is 94.8 Å². The first kappa shape index (κ1) is 22.9. The van der Waals surface area contributed by atoms with E-state index in [1.165, 1.54) is 6.07 Å². The van der Waals surface area contributed by atoms with Crippen molar-refractivity contribution in [3.05, 3.63) is 45.5 Å². The van der Waals surface area contributed by atoms with Gasteiger partial charge in [0.05, 0.1) is 23.5 Å². The third-order valence-corrected chi connectivity index (χ3v) is 7.58. The summed E-state index contributed by atoms with van der Waals surface area (Å²) in [5.41, 5.74) is 3.02. The zero-order valence-electron chi connectivity index (χ0n) is 16.5. The zero-order chi connectivity index (χ0) is 21.1. The summed E-state index contributed by atoms with van der Waals surface area (Å²) in [4.78, 5) is 0. The molecule has 0 fully saturated rings. The van der Waals surface area contributed by atoms with Crippen LogP contribution in [0.15, 0.2) is 34.9 Å². The summed E-state index contributed by atoms with van der Waals surface area (Å²) in [6.45, 7) is 5.30. The van der Waals surface area contributed by atoms with Crippen LogP contribution in [0.5, 0.6) is 5.75 Å². The van der Waals surface area contributed by atoms with Crippen molar-refractivity contribution in [1.82, 2.24) is 0 Å². The molecule has 0 aromatic heterocycles. The smallest absolute Gasteiger partial charge is 0.163 e. The van der Waals surface area contributed by atoms with Crippen LogP contribution in [0.4, 0.5) is 0 Å². The minimum Gasteiger partial charge on any atom is -0.508 e. The Labute approximate surface area is 172 Å². The highest BCUT2D eigenvalue weighted by molar-refractivity contribution is 7.92. The molecular weight excluding hydrogens is 400 g/mol. The Morgan fingerprint density at radius 2 is 2.04 bits per heavy atom. The van der Waals surface area contributed by atoms with Crippen molar-refractivity contribution >= 4 is 27.5 Å². The van der Waals surface area contributed by atoms with Gasteiger partial charge in [-0.2, -0.15) is 0 Å². The van der Waals surface area contributed by atoms with Gasteiger partial charge >= 0.3 is 0 Å². The number of phenols is 1. The Bertz CT molecular complexity index is 871. The molecule has 2 rings (SSSR count). The molecule has 0 radical (unpaired) electrons. The fraction of sp³-hybridized carbons (Fsp3) is 0.524. The number of hydrogen-bond acceptors (Lipinski definition) is 5. The van der Waals surface area contributed by atoms with Crippen molar-refractivity contribution in [2.75, 3.05) is 12.4 Å². The van der Waals surface area contributed by atoms with Gasteiger partial charge in [0, 0.05) is 0 Å². The van der Waals surface area contributed by atoms with E-state index in [4.69, 9.17) is 11.6 Å². The van der Waals surface area contributed by atoms with E-state index in [2.05, 4.69) is 0 Å². The number of allylic oxidation sites excluding steroid dienone is 1. The largest absolute Gasteiger partial charge is 0.508 e. The number of hydrogen-bond donors (Lipinski definition) is 3. The number of rotatable bonds is 8. The molecule has 0 bridgehead atoms. The average molecular weight is 429 g/mol. The highest BCUT2D eigenvalue weighted by Gasteiger charge is 2.41. The van der Waals surface area contributed by atoms with Gasteiger partial charge in [0.1, 0.15) is 11.0 Å². The van der Waals surface area contributed by atoms with Crippen LogP contribution >= 0.6 is 11.6 Å². The van der Waals surface area contributed by atoms with Crippen LogP contribution in [0, 0.1) is 5.92 Å². The van der Waals surface area contributed by atoms with Crippen LogP contribution in [0.1, 0.15) is 45.6 Å². The molecule has 0 spiro atoms. The molecule has 0 amide bonds. The molecule has 5 nitrogen and oxygen atoms in total. The average Bonchev–Trinajstić information content (AvgIpc) is 2.90. The number of aromatic hydroxyl groups is 1. The fourth-order valence-corrected chi connectivity index (χ4v) is 5.91. The molecule has 1 aromatic rings. The molecule has 0 saturated heterocycles. The summed E-state index contributed by atoms with van der Waals surface area (Å²) >= 11 is 6.16. The van der Waals surface area contributed by atoms with Crippen molar-refractivity contribution < 1.29 is 23.7 Å². The predicted molar refractivity (Wildman–Crippen MR) is 113 cm³/mol. The Kier molecular flexibility index (Phi) is 7.73. The van der Waals surface area contributed by atoms with Gasteiger partial charge in [0.25, 0.3) is 0 Å². The Hall–Kier alpha value is -1.34. The number of aliphatic hydroxyl groups is 2. The first-order valence-electron chi connectivity index (χ1n) is 9.52. The van der Waals surface area contributed by atoms with Gasteiger partial charge in [-0.1, -0.05) is 44.0 Å². The summed E-state index contributed by atoms with van der Waals surface area (Å²) in [6, 6.07) is 4.77. The monoisotopic (exact) mass is 428 g/mol. The molecule has 0 unspecified atom stereocenters. The summed E-state index contributed by atoms with van der Waals surface area (Å²) in [5, 5.41) is 29.3. The van der Waals surface area contributed by atoms with Crippen molar-refractivity contribution in [1.29, 1.82) is 0 Å². The van der Waals surface area contributed by atoms with Gasteiger partial charge < -0.3 is 15.3 Å². The van der Waals surface area contributed by atoms with Crippen LogP contribution in [-0.4, -0.2) is 47.5 Å². The van der Waals surface area contributed by atoms with Gasteiger partial charge in [0.15, 0.2) is 9.84 Å². The minimum absolute atomic E-state index is 0.00651. The molecule has 1 aromatic carbocycles. The van der Waals surface area contributed by atoms with E-state index in [9.17, 15) is 23.7 Å². The van der Waals surface area contributed by atoms with E-state index in [-0.39, 0.29) is 17.4 Å². The molecule has 7 heteroatoms. The van der Waals surface area contributed by atoms with Gasteiger partial charge in [-0.25, -0.2) is 8.42 Å². The van der Waals surface area contributed by atoms with E-state index in [1.54, 1.807) is 12.1 Å². The van der Waals surface area contributed by atoms with E-state index >= 15 is 0 Å². The van der Waals surface area contributed by atoms with Crippen LogP contribution in [-0.2, 0) is 9.84 Å². The quantitative estimate of drug-likeness (QED) is 0.548. The minimum atomic E-state index is -3.47. The van der Waals surface area contributed by atoms with E-state index in [0.717, 1.165) is 23.1 Å². The summed E-state index contributed by atoms with van der Waals surface area (Å²) in [7, 11) is -3.47. The van der Waals surface area contributed by atoms with Gasteiger partial charge in [-0.05, 0) is 60.1 Å². The second-order valence-corrected chi connectivity index (χ2v) is 10.1. The molecule has 1 aliphatic rings. The van der Waals surface area contributed by atoms with Crippen molar-refractivity contribution in [3.8, 4) is 5.75 Å². The van der Waals surface area contributed by atoms with Gasteiger partial charge in [-0.3, -0.25) is 0 Å². The maximum atomic E-state index is 12.4. The summed E-state index contributed by atoms with van der Waals surface area (Å²) in [6.07, 6.45) is 2.70. The standard InChI is InChI=1S/C21H29ClO5S/c1-4-14(9-15-6-7-16(24)10-18(15)22)5-8-19(25)21-17(13(2)3)12-28(26,27)20(21)11-23/h6-7,9-10,13,19-20,23-25H,4-5,8,11-12H2,1-3H3/b14-9+/t19-,20+/m1/s1. The van der Waals surface area contributed by atoms with Gasteiger partial charge in [0.2, 0.25) is 0 Å². The van der Waals surface area contributed by atoms with Crippen molar-refractivity contribution in [3.63, 3.8) is 0 Å². The van der Waals surface area contributed by atoms with Crippen LogP contribution in [0.25, 0.3) is 6.08 Å². The van der Waals surface area contributed by atoms with Crippen LogP contribution in [0.3, 0.4) is 0 Å². The molecule has 28 heavy (non-hydrogen) atoms. The summed E-state index contributed by atoms with van der Waals surface area (Å²) < 4.78 is 24.7. The second-order valence-electron chi connectivity index (χ2n) is 7.53. The fourth-order valence-electron chi connectivity index (χ4n) is 3.62. The Morgan fingerprint density at radius 1 is 1.36 bits per heavy atom. The molecule has 0 saturated carbocycles. The number of phenolic OH excluding ortho intramolecular Hbond substituents is 1. The van der Waals surface area contributed by atoms with Crippen LogP contribution in [0.2, 0.25) is 5.02 Å². The van der Waals surface area contributed by atoms with E-state index < -0.39 is 27.8 Å². The Morgan fingerprint density at radius 3 is 2.57 bits per heavy atom. The number of aliphatic hydroxyl groups excluding tert-OH is 2. The molecule has 0 aliphatic carbocycles. The molecular formula is C21H29ClO5S. The highest BCUT2D eigenvalue weighted by Crippen LogP contribution is 2.35. The lowest BCUT2D eigenvalue weighted by Crippen LogP contribution is -2.29. The normalized spacial score (nSPS) is 20.8. The Balaban J connectivity index is 2.21. The first-order chi connectivity index (χ1) is 13.1. The number of halogens is 1. The van der Waals surface area contributed by atoms with E-state index in [1.807, 2.05) is 26.8 Å². The highest BCUT2D eigenvalue weighted by atomic mass is 35.5. The van der Waals surface area contributed by atoms with Crippen molar-refractivity contribution in [2.45, 2.75) is 51.4 Å². The lowest BCUT2D eigenvalue weighted by Gasteiger charge is -2.20. The molecule has 1 aliphatic heterocycles. The number of benzene rings is 1. The molecule has 2 atom stereocenters. The van der Waals surface area contributed by atoms with E-state index in [0.29, 0.717) is 23.4 Å². The third-order valence-electron chi connectivity index (χ3n) is 5.27. The lowest BCUT2D eigenvalue weighted by molar-refractivity contribution is 0.187. The third kappa shape index (κ3) is 5.17. The SMILES string of the molecule is CC/C(=C\c1ccc(O)cc1Cl)CC[C@@H](O)C1=C(C(C)C)CS(=O)(=O)[C@H]1CO. The zero-order valence-corrected chi connectivity index (χ0v) is 18.1. The van der Waals surface area contributed by atoms with Crippen LogP contribution < -0.4 is 0 Å². The van der Waals surface area contributed by atoms with Gasteiger partial charge in [-0.15, -0.1) is 0 Å². The summed E-state index contributed by atoms with van der Waals surface area (Å²) in [5.74, 6) is -0.00348. The maximum Gasteiger partial charge on any atom is 0.163 e. The molecule has 1 heterocycles. The lowest BCUT2D eigenvalue weighted by atomic mass is 9.90.